The van der Waals surface area contributed by atoms with Crippen molar-refractivity contribution in [3.05, 3.63) is 47.9 Å². The number of hydrogen-bond acceptors (Lipinski definition) is 3. The van der Waals surface area contributed by atoms with Crippen LogP contribution in [0.4, 0.5) is 13.2 Å². The van der Waals surface area contributed by atoms with Crippen LogP contribution >= 0.6 is 0 Å². The van der Waals surface area contributed by atoms with Gasteiger partial charge in [-0.15, -0.1) is 0 Å². The van der Waals surface area contributed by atoms with E-state index in [1.807, 2.05) is 4.57 Å². The fourth-order valence-corrected chi connectivity index (χ4v) is 3.89. The average molecular weight is 424 g/mol. The molecule has 0 unspecified atom stereocenters. The number of ether oxygens (including phenoxy) is 1. The molecule has 1 aliphatic rings. The minimum absolute atomic E-state index is 0.344. The number of hydrogen-bond donors (Lipinski definition) is 1. The van der Waals surface area contributed by atoms with Crippen LogP contribution in [0.3, 0.4) is 0 Å². The van der Waals surface area contributed by atoms with Crippen LogP contribution in [0.5, 0.6) is 0 Å². The first-order valence-electron chi connectivity index (χ1n) is 9.86. The Morgan fingerprint density at radius 1 is 1.24 bits per heavy atom. The highest BCUT2D eigenvalue weighted by Gasteiger charge is 2.30. The molecular formula is C21H28F3N3OSi. The maximum absolute atomic E-state index is 13.1. The topological polar surface area (TPSA) is 39.1 Å². The third-order valence-corrected chi connectivity index (χ3v) is 6.54. The van der Waals surface area contributed by atoms with Crippen LogP contribution in [0.25, 0.3) is 16.8 Å². The standard InChI is InChI=1S/C21H28F3N3OSi/c1-29(2,3)12-11-28-15-27-14-19(26-20(27)16-7-9-25-10-8-16)17-5-4-6-18(13-17)21(22,23)24/h4-7,13-14,25H,8-12,15H2,1-3H3. The lowest BCUT2D eigenvalue weighted by Gasteiger charge is -2.17. The van der Waals surface area contributed by atoms with Gasteiger partial charge in [-0.2, -0.15) is 13.2 Å². The van der Waals surface area contributed by atoms with Crippen molar-refractivity contribution in [2.75, 3.05) is 19.7 Å². The van der Waals surface area contributed by atoms with Gasteiger partial charge in [0.2, 0.25) is 0 Å². The number of rotatable bonds is 7. The van der Waals surface area contributed by atoms with Crippen molar-refractivity contribution in [3.8, 4) is 11.3 Å². The zero-order chi connectivity index (χ0) is 21.1. The predicted molar refractivity (Wildman–Crippen MR) is 112 cm³/mol. The number of halogens is 3. The molecule has 0 aliphatic carbocycles. The maximum Gasteiger partial charge on any atom is 0.416 e. The van der Waals surface area contributed by atoms with E-state index in [9.17, 15) is 13.2 Å². The van der Waals surface area contributed by atoms with Crippen molar-refractivity contribution >= 4 is 13.6 Å². The maximum atomic E-state index is 13.1. The summed E-state index contributed by atoms with van der Waals surface area (Å²) < 4.78 is 47.1. The van der Waals surface area contributed by atoms with Gasteiger partial charge in [-0.05, 0) is 36.7 Å². The van der Waals surface area contributed by atoms with Crippen molar-refractivity contribution in [2.24, 2.45) is 0 Å². The number of benzene rings is 1. The fourth-order valence-electron chi connectivity index (χ4n) is 3.13. The van der Waals surface area contributed by atoms with Gasteiger partial charge in [-0.3, -0.25) is 0 Å². The average Bonchev–Trinajstić information content (AvgIpc) is 3.09. The van der Waals surface area contributed by atoms with Gasteiger partial charge in [0.05, 0.1) is 11.3 Å². The molecule has 29 heavy (non-hydrogen) atoms. The van der Waals surface area contributed by atoms with Crippen LogP contribution in [0.2, 0.25) is 25.7 Å². The van der Waals surface area contributed by atoms with Crippen LogP contribution in [-0.4, -0.2) is 37.3 Å². The summed E-state index contributed by atoms with van der Waals surface area (Å²) in [6, 6.07) is 6.37. The molecule has 1 aromatic carbocycles. The Labute approximate surface area is 170 Å². The summed E-state index contributed by atoms with van der Waals surface area (Å²) in [7, 11) is -1.19. The van der Waals surface area contributed by atoms with Crippen LogP contribution in [0.15, 0.2) is 36.5 Å². The summed E-state index contributed by atoms with van der Waals surface area (Å²) in [5.74, 6) is 0.770. The number of imidazole rings is 1. The Balaban J connectivity index is 1.87. The molecule has 2 aromatic rings. The van der Waals surface area contributed by atoms with Crippen LogP contribution in [-0.2, 0) is 17.6 Å². The minimum atomic E-state index is -4.38. The van der Waals surface area contributed by atoms with Gasteiger partial charge in [0.1, 0.15) is 12.6 Å². The second kappa shape index (κ2) is 8.85. The summed E-state index contributed by atoms with van der Waals surface area (Å²) in [5.41, 5.74) is 1.41. The predicted octanol–water partition coefficient (Wildman–Crippen LogP) is 5.26. The fraction of sp³-hybridized carbons (Fsp3) is 0.476. The van der Waals surface area contributed by atoms with Gasteiger partial charge in [0.15, 0.2) is 0 Å². The normalized spacial score (nSPS) is 15.4. The smallest absolute Gasteiger partial charge is 0.361 e. The molecule has 8 heteroatoms. The Bertz CT molecular complexity index is 869. The van der Waals surface area contributed by atoms with Gasteiger partial charge >= 0.3 is 6.18 Å². The molecular weight excluding hydrogens is 395 g/mol. The van der Waals surface area contributed by atoms with Crippen molar-refractivity contribution in [1.29, 1.82) is 0 Å². The molecule has 0 bridgehead atoms. The lowest BCUT2D eigenvalue weighted by atomic mass is 10.1. The minimum Gasteiger partial charge on any atom is -0.361 e. The van der Waals surface area contributed by atoms with Crippen LogP contribution in [0, 0.1) is 0 Å². The molecule has 4 nitrogen and oxygen atoms in total. The summed E-state index contributed by atoms with van der Waals surface area (Å²) in [6.07, 6.45) is 0.329. The molecule has 0 radical (unpaired) electrons. The van der Waals surface area contributed by atoms with E-state index >= 15 is 0 Å². The molecule has 1 N–H and O–H groups in total. The van der Waals surface area contributed by atoms with Crippen molar-refractivity contribution < 1.29 is 17.9 Å². The summed E-state index contributed by atoms with van der Waals surface area (Å²) in [5, 5.41) is 3.27. The van der Waals surface area contributed by atoms with Gasteiger partial charge in [-0.1, -0.05) is 37.8 Å². The van der Waals surface area contributed by atoms with Gasteiger partial charge in [-0.25, -0.2) is 4.98 Å². The molecule has 0 fully saturated rings. The van der Waals surface area contributed by atoms with Crippen molar-refractivity contribution in [2.45, 2.75) is 45.0 Å². The highest BCUT2D eigenvalue weighted by atomic mass is 28.3. The zero-order valence-corrected chi connectivity index (χ0v) is 18.1. The highest BCUT2D eigenvalue weighted by Crippen LogP contribution is 2.32. The molecule has 0 spiro atoms. The third-order valence-electron chi connectivity index (χ3n) is 4.84. The number of aromatic nitrogens is 2. The molecule has 0 amide bonds. The zero-order valence-electron chi connectivity index (χ0n) is 17.1. The number of alkyl halides is 3. The first kappa shape index (κ1) is 21.8. The van der Waals surface area contributed by atoms with E-state index in [2.05, 4.69) is 36.0 Å². The first-order chi connectivity index (χ1) is 13.6. The molecule has 0 saturated carbocycles. The van der Waals surface area contributed by atoms with Crippen molar-refractivity contribution in [3.63, 3.8) is 0 Å². The lowest BCUT2D eigenvalue weighted by molar-refractivity contribution is -0.137. The van der Waals surface area contributed by atoms with E-state index in [0.29, 0.717) is 24.6 Å². The van der Waals surface area contributed by atoms with Gasteiger partial charge < -0.3 is 14.6 Å². The second-order valence-corrected chi connectivity index (χ2v) is 14.2. The van der Waals surface area contributed by atoms with E-state index < -0.39 is 19.8 Å². The Kier molecular flexibility index (Phi) is 6.65. The Hall–Kier alpha value is -1.90. The quantitative estimate of drug-likeness (QED) is 0.488. The molecule has 2 heterocycles. The summed E-state index contributed by atoms with van der Waals surface area (Å²) >= 11 is 0. The monoisotopic (exact) mass is 423 g/mol. The highest BCUT2D eigenvalue weighted by molar-refractivity contribution is 6.76. The summed E-state index contributed by atoms with van der Waals surface area (Å²) in [4.78, 5) is 4.68. The van der Waals surface area contributed by atoms with E-state index in [0.717, 1.165) is 49.1 Å². The van der Waals surface area contributed by atoms with Gasteiger partial charge in [0.25, 0.3) is 0 Å². The van der Waals surface area contributed by atoms with E-state index in [1.165, 1.54) is 6.07 Å². The third kappa shape index (κ3) is 6.04. The van der Waals surface area contributed by atoms with Crippen molar-refractivity contribution in [1.82, 2.24) is 14.9 Å². The Morgan fingerprint density at radius 3 is 2.69 bits per heavy atom. The van der Waals surface area contributed by atoms with E-state index in [4.69, 9.17) is 4.74 Å². The van der Waals surface area contributed by atoms with E-state index in [1.54, 1.807) is 12.3 Å². The largest absolute Gasteiger partial charge is 0.416 e. The molecule has 1 aromatic heterocycles. The van der Waals surface area contributed by atoms with Gasteiger partial charge in [0, 0.05) is 33.0 Å². The van der Waals surface area contributed by atoms with Crippen LogP contribution < -0.4 is 5.32 Å². The first-order valence-corrected chi connectivity index (χ1v) is 13.6. The molecule has 0 saturated heterocycles. The number of nitrogens with one attached hydrogen (secondary N) is 1. The van der Waals surface area contributed by atoms with Crippen LogP contribution in [0.1, 0.15) is 17.8 Å². The molecule has 158 valence electrons. The Morgan fingerprint density at radius 2 is 2.03 bits per heavy atom. The second-order valence-electron chi connectivity index (χ2n) is 8.53. The summed E-state index contributed by atoms with van der Waals surface area (Å²) in [6.45, 7) is 9.52. The van der Waals surface area contributed by atoms with E-state index in [-0.39, 0.29) is 0 Å². The SMILES string of the molecule is C[Si](C)(C)CCOCn1cc(-c2cccc(C(F)(F)F)c2)nc1C1=CCNCC1. The molecule has 1 aliphatic heterocycles. The molecule has 0 atom stereocenters. The lowest BCUT2D eigenvalue weighted by Crippen LogP contribution is -2.23. The number of nitrogens with zero attached hydrogens (tertiary/aromatic N) is 2. The molecule has 3 rings (SSSR count).